The van der Waals surface area contributed by atoms with E-state index in [1.54, 1.807) is 68.2 Å². The largest absolute Gasteiger partial charge is 0.461 e. The molecule has 12 atom stereocenters. The number of carbonyl (C=O) groups excluding carboxylic acids is 8. The number of allylic oxidation sites excluding steroid dienone is 5. The number of aliphatic hydroxyl groups is 1. The topological polar surface area (TPSA) is 357 Å². The summed E-state index contributed by atoms with van der Waals surface area (Å²) in [6.45, 7) is 20.8. The van der Waals surface area contributed by atoms with Crippen molar-refractivity contribution < 1.29 is 99.6 Å². The lowest BCUT2D eigenvalue weighted by atomic mass is 9.44. The van der Waals surface area contributed by atoms with E-state index in [2.05, 4.69) is 45.1 Å². The Hall–Kier alpha value is -8.56. The van der Waals surface area contributed by atoms with Gasteiger partial charge in [-0.05, 0) is 104 Å². The molecule has 0 bridgehead atoms. The first-order valence-corrected chi connectivity index (χ1v) is 41.5. The van der Waals surface area contributed by atoms with E-state index in [1.165, 1.54) is 0 Å². The van der Waals surface area contributed by atoms with Gasteiger partial charge in [0.05, 0.1) is 135 Å². The molecule has 117 heavy (non-hydrogen) atoms. The van der Waals surface area contributed by atoms with E-state index in [-0.39, 0.29) is 172 Å². The fraction of sp³-hybridized carbons (Fsp3) is 0.609. The van der Waals surface area contributed by atoms with E-state index in [0.717, 1.165) is 41.8 Å². The minimum Gasteiger partial charge on any atom is -0.461 e. The number of nitrogens with two attached hydrogens (primary N) is 1. The third kappa shape index (κ3) is 22.5. The van der Waals surface area contributed by atoms with Gasteiger partial charge in [-0.2, -0.15) is 0 Å². The SMILES string of the molecule is C=C1C=C[C@@]2(C)C(=C1)[C@@H](F)C[C@H]1[C@@H]3C[C@H]4OC(CCC)O[C@@]4(C(=O)CCC(=O)OCc4ccc(NC(=O)[C@H](CCCNC(N)=O)CC(=O)[C@@H](NC(=O)CCOCCOCCOCCOCCNC(=O)CCC(=O)N5Cc6ccccc6-c6nnn(CCOCCOCCOCCCC)c6-c6ccccc65)C(C)C)cc4)[C@@]3(C)C[C@H](O)[C@@]12F. The molecule has 1 aromatic heterocycles. The number of aromatic nitrogens is 3. The molecule has 1 saturated heterocycles. The number of aliphatic hydroxyl groups excluding tert-OH is 1. The van der Waals surface area contributed by atoms with Crippen LogP contribution in [0.15, 0.2) is 109 Å². The third-order valence-electron chi connectivity index (χ3n) is 23.5. The minimum atomic E-state index is -2.26. The van der Waals surface area contributed by atoms with Gasteiger partial charge in [-0.25, -0.2) is 18.3 Å². The molecule has 4 aromatic rings. The molecule has 4 fully saturated rings. The Morgan fingerprint density at radius 2 is 1.38 bits per heavy atom. The summed E-state index contributed by atoms with van der Waals surface area (Å²) in [6.07, 6.45) is 2.85. The highest BCUT2D eigenvalue weighted by atomic mass is 19.1. The summed E-state index contributed by atoms with van der Waals surface area (Å²) in [7, 11) is 0. The number of halogens is 2. The molecule has 3 heterocycles. The summed E-state index contributed by atoms with van der Waals surface area (Å²) in [5.74, 6) is -5.69. The fourth-order valence-corrected chi connectivity index (χ4v) is 17.4. The number of urea groups is 1. The number of alkyl halides is 2. The number of hydrogen-bond acceptors (Lipinski definition) is 21. The second-order valence-electron chi connectivity index (χ2n) is 31.7. The van der Waals surface area contributed by atoms with Crippen LogP contribution in [0.2, 0.25) is 0 Å². The van der Waals surface area contributed by atoms with E-state index in [9.17, 15) is 43.5 Å². The Morgan fingerprint density at radius 1 is 0.726 bits per heavy atom. The van der Waals surface area contributed by atoms with Crippen molar-refractivity contribution in [2.24, 2.45) is 40.2 Å². The lowest BCUT2D eigenvalue weighted by molar-refractivity contribution is -0.234. The number of para-hydroxylation sites is 1. The lowest BCUT2D eigenvalue weighted by Crippen LogP contribution is -2.70. The molecule has 6 amide bonds. The summed E-state index contributed by atoms with van der Waals surface area (Å²) in [4.78, 5) is 110. The molecule has 7 N–H and O–H groups in total. The summed E-state index contributed by atoms with van der Waals surface area (Å²) in [6, 6.07) is 20.3. The summed E-state index contributed by atoms with van der Waals surface area (Å²) in [5, 5.41) is 32.2. The van der Waals surface area contributed by atoms with Crippen LogP contribution >= 0.6 is 0 Å². The van der Waals surface area contributed by atoms with Crippen molar-refractivity contribution in [2.45, 2.75) is 200 Å². The van der Waals surface area contributed by atoms with E-state index in [0.29, 0.717) is 87.0 Å². The van der Waals surface area contributed by atoms with Gasteiger partial charge >= 0.3 is 12.0 Å². The predicted molar refractivity (Wildman–Crippen MR) is 431 cm³/mol. The summed E-state index contributed by atoms with van der Waals surface area (Å²) in [5.41, 5.74) is 5.18. The Kier molecular flexibility index (Phi) is 33.7. The fourth-order valence-electron chi connectivity index (χ4n) is 17.4. The Morgan fingerprint density at radius 3 is 2.07 bits per heavy atom. The first-order valence-electron chi connectivity index (χ1n) is 41.5. The van der Waals surface area contributed by atoms with Crippen LogP contribution in [0.25, 0.3) is 22.5 Å². The standard InChI is InChI=1S/C87H119F2N9O19/c1-8-10-36-108-40-44-112-47-43-111-39-35-98-81-64-20-13-14-21-69(64)97(55-61-17-11-12-19-63(61)80(81)95-96-98)76(104)28-27-74(102)91-34-38-110-42-46-114-49-48-113-45-41-109-37-31-75(103)94-79(57(3)4)70(99)51-60(18-15-33-92-83(90)107)82(106)93-62-24-22-59(23-25-62)56-115-77(105)29-26-71(100)87-73(116-78(117-87)16-9-2)53-65-66-52-68(88)67-50-58(5)30-32-84(67,6)86(66,89)72(101)54-85(65,87)7/h11-14,17,19-25,30,32,50,57,60,65-66,68,72-73,78-79,101H,5,8-10,15-16,18,26-29,31,33-49,51-56H2,1-4,6-7H3,(H,91,102)(H,93,106)(H,94,103)(H3,90,92,107)/t60-,65+,66+,68+,72+,73-,78?,79+,84+,85+,86+,87-/m1/s1. The number of benzene rings is 3. The average molecular weight is 1630 g/mol. The van der Waals surface area contributed by atoms with Crippen molar-refractivity contribution in [1.82, 2.24) is 30.9 Å². The minimum absolute atomic E-state index is 0.0218. The van der Waals surface area contributed by atoms with Crippen molar-refractivity contribution >= 4 is 58.6 Å². The Bertz CT molecular complexity index is 4110. The van der Waals surface area contributed by atoms with Gasteiger partial charge in [0.15, 0.2) is 29.1 Å². The van der Waals surface area contributed by atoms with Crippen molar-refractivity contribution in [3.8, 4) is 22.5 Å². The van der Waals surface area contributed by atoms with Crippen LogP contribution in [-0.2, 0) is 101 Å². The zero-order chi connectivity index (χ0) is 83.7. The maximum absolute atomic E-state index is 18.1. The number of nitrogens with one attached hydrogen (secondary N) is 4. The Balaban J connectivity index is 0.584. The first kappa shape index (κ1) is 90.8. The number of primary amides is 1. The van der Waals surface area contributed by atoms with Crippen LogP contribution in [0.5, 0.6) is 0 Å². The molecule has 28 nitrogen and oxygen atoms in total. The molecule has 0 spiro atoms. The van der Waals surface area contributed by atoms with Crippen LogP contribution in [0.1, 0.15) is 149 Å². The summed E-state index contributed by atoms with van der Waals surface area (Å²) < 4.78 is 94.6. The number of fused-ring (bicyclic) bond motifs is 12. The van der Waals surface area contributed by atoms with Crippen LogP contribution in [0, 0.1) is 34.5 Å². The molecule has 0 radical (unpaired) electrons. The van der Waals surface area contributed by atoms with Gasteiger partial charge in [-0.15, -0.1) is 5.10 Å². The van der Waals surface area contributed by atoms with Gasteiger partial charge in [-0.3, -0.25) is 33.6 Å². The normalized spacial score (nSPS) is 23.9. The van der Waals surface area contributed by atoms with Gasteiger partial charge in [-0.1, -0.05) is 132 Å². The molecule has 640 valence electrons. The second-order valence-corrected chi connectivity index (χ2v) is 31.7. The predicted octanol–water partition coefficient (Wildman–Crippen LogP) is 10.1. The van der Waals surface area contributed by atoms with E-state index < -0.39 is 100 Å². The highest BCUT2D eigenvalue weighted by Gasteiger charge is 2.80. The molecule has 4 aliphatic carbocycles. The number of Topliss-reactive ketones (excluding diaryl/α,β-unsaturated/α-hetero) is 2. The number of amides is 6. The zero-order valence-corrected chi connectivity index (χ0v) is 68.5. The smallest absolute Gasteiger partial charge is 0.312 e. The zero-order valence-electron chi connectivity index (χ0n) is 68.5. The molecule has 30 heteroatoms. The van der Waals surface area contributed by atoms with Crippen LogP contribution < -0.4 is 31.9 Å². The highest BCUT2D eigenvalue weighted by Crippen LogP contribution is 2.72. The molecule has 6 aliphatic rings. The molecule has 1 unspecified atom stereocenters. The molecule has 3 aromatic carbocycles. The first-order chi connectivity index (χ1) is 56.4. The number of anilines is 2. The van der Waals surface area contributed by atoms with Crippen molar-refractivity contribution in [3.05, 3.63) is 120 Å². The summed E-state index contributed by atoms with van der Waals surface area (Å²) >= 11 is 0. The van der Waals surface area contributed by atoms with Gasteiger partial charge in [0.25, 0.3) is 0 Å². The third-order valence-corrected chi connectivity index (χ3v) is 23.5. The quantitative estimate of drug-likeness (QED) is 0.0177. The molecule has 3 saturated carbocycles. The lowest BCUT2D eigenvalue weighted by Gasteiger charge is -2.63. The maximum Gasteiger partial charge on any atom is 0.312 e. The molecular formula is C87H119F2N9O19. The van der Waals surface area contributed by atoms with Gasteiger partial charge in [0.2, 0.25) is 23.6 Å². The van der Waals surface area contributed by atoms with Gasteiger partial charge in [0.1, 0.15) is 18.5 Å². The van der Waals surface area contributed by atoms with Crippen LogP contribution in [-0.4, -0.2) is 215 Å². The second kappa shape index (κ2) is 43.4. The number of carbonyl (C=O) groups is 8. The van der Waals surface area contributed by atoms with Gasteiger partial charge in [0, 0.05) is 91.3 Å². The van der Waals surface area contributed by atoms with Crippen LogP contribution in [0.3, 0.4) is 0 Å². The molecule has 2 aliphatic heterocycles. The van der Waals surface area contributed by atoms with E-state index >= 15 is 8.78 Å². The number of esters is 1. The molecule has 10 rings (SSSR count). The number of ketones is 2. The van der Waals surface area contributed by atoms with Gasteiger partial charge < -0.3 is 84.4 Å². The van der Waals surface area contributed by atoms with Crippen LogP contribution in [0.4, 0.5) is 25.0 Å². The van der Waals surface area contributed by atoms with Crippen molar-refractivity contribution in [3.63, 3.8) is 0 Å². The number of rotatable bonds is 49. The Labute approximate surface area is 684 Å². The van der Waals surface area contributed by atoms with E-state index in [1.807, 2.05) is 67.1 Å². The molecular weight excluding hydrogens is 1510 g/mol. The highest BCUT2D eigenvalue weighted by molar-refractivity contribution is 6.02. The average Bonchev–Trinajstić information content (AvgIpc) is 1.57. The van der Waals surface area contributed by atoms with E-state index in [4.69, 9.17) is 53.1 Å². The number of unbranched alkanes of at least 4 members (excludes halogenated alkanes) is 1. The monoisotopic (exact) mass is 1630 g/mol. The van der Waals surface area contributed by atoms with Crippen molar-refractivity contribution in [2.75, 3.05) is 116 Å². The number of nitrogens with zero attached hydrogens (tertiary/aromatic N) is 4. The number of hydrogen-bond donors (Lipinski definition) is 6. The number of ether oxygens (including phenoxy) is 10. The van der Waals surface area contributed by atoms with Crippen molar-refractivity contribution in [1.29, 1.82) is 0 Å². The maximum atomic E-state index is 18.1.